The minimum Gasteiger partial charge on any atom is -0.372 e. The summed E-state index contributed by atoms with van der Waals surface area (Å²) in [5.74, 6) is 0.282. The normalized spacial score (nSPS) is 15.6. The van der Waals surface area contributed by atoms with Crippen LogP contribution in [0.3, 0.4) is 0 Å². The first-order chi connectivity index (χ1) is 12.3. The summed E-state index contributed by atoms with van der Waals surface area (Å²) in [6.07, 6.45) is 4.37. The highest BCUT2D eigenvalue weighted by Gasteiger charge is 2.35. The molecule has 1 fully saturated rings. The summed E-state index contributed by atoms with van der Waals surface area (Å²) >= 11 is 0. The predicted octanol–water partition coefficient (Wildman–Crippen LogP) is 3.80. The Morgan fingerprint density at radius 2 is 1.73 bits per heavy atom. The summed E-state index contributed by atoms with van der Waals surface area (Å²) in [5, 5.41) is 5.71. The van der Waals surface area contributed by atoms with Gasteiger partial charge in [-0.05, 0) is 63.3 Å². The van der Waals surface area contributed by atoms with Gasteiger partial charge in [0.05, 0.1) is 0 Å². The van der Waals surface area contributed by atoms with E-state index in [9.17, 15) is 9.59 Å². The quantitative estimate of drug-likeness (QED) is 0.575. The van der Waals surface area contributed by atoms with Crippen LogP contribution in [0.5, 0.6) is 0 Å². The van der Waals surface area contributed by atoms with E-state index in [0.717, 1.165) is 37.5 Å². The average molecular weight is 360 g/mol. The van der Waals surface area contributed by atoms with Crippen molar-refractivity contribution in [2.24, 2.45) is 11.3 Å². The zero-order valence-corrected chi connectivity index (χ0v) is 16.6. The molecule has 1 saturated heterocycles. The molecule has 0 aromatic heterocycles. The van der Waals surface area contributed by atoms with Crippen molar-refractivity contribution in [3.05, 3.63) is 24.3 Å². The minimum atomic E-state index is -1.10. The molecule has 2 amide bonds. The first kappa shape index (κ1) is 20.3. The summed E-state index contributed by atoms with van der Waals surface area (Å²) in [4.78, 5) is 27.2. The molecular formula is C21H33N3O2. The number of carbonyl (C=O) groups is 2. The van der Waals surface area contributed by atoms with Gasteiger partial charge in [0.1, 0.15) is 5.41 Å². The summed E-state index contributed by atoms with van der Waals surface area (Å²) < 4.78 is 0. The molecule has 1 aromatic carbocycles. The molecule has 1 aliphatic rings. The first-order valence-electron chi connectivity index (χ1n) is 9.79. The van der Waals surface area contributed by atoms with E-state index in [1.54, 1.807) is 13.8 Å². The van der Waals surface area contributed by atoms with Gasteiger partial charge in [0.25, 0.3) is 0 Å². The van der Waals surface area contributed by atoms with E-state index in [-0.39, 0.29) is 11.8 Å². The second-order valence-corrected chi connectivity index (χ2v) is 7.91. The van der Waals surface area contributed by atoms with Crippen LogP contribution in [0.25, 0.3) is 0 Å². The van der Waals surface area contributed by atoms with Crippen LogP contribution < -0.4 is 15.5 Å². The van der Waals surface area contributed by atoms with Gasteiger partial charge in [-0.1, -0.05) is 20.3 Å². The topological polar surface area (TPSA) is 61.4 Å². The lowest BCUT2D eigenvalue weighted by atomic mass is 9.91. The number of amides is 2. The number of piperidine rings is 1. The minimum absolute atomic E-state index is 0.234. The third-order valence-electron chi connectivity index (χ3n) is 5.23. The van der Waals surface area contributed by atoms with Crippen molar-refractivity contribution in [3.63, 3.8) is 0 Å². The summed E-state index contributed by atoms with van der Waals surface area (Å²) in [7, 11) is 0. The molecule has 0 radical (unpaired) electrons. The van der Waals surface area contributed by atoms with Crippen molar-refractivity contribution < 1.29 is 9.59 Å². The Morgan fingerprint density at radius 3 is 2.31 bits per heavy atom. The van der Waals surface area contributed by atoms with Crippen LogP contribution >= 0.6 is 0 Å². The maximum Gasteiger partial charge on any atom is 0.239 e. The number of nitrogens with one attached hydrogen (secondary N) is 2. The maximum absolute atomic E-state index is 12.5. The van der Waals surface area contributed by atoms with Gasteiger partial charge in [-0.15, -0.1) is 0 Å². The second-order valence-electron chi connectivity index (χ2n) is 7.91. The Labute approximate surface area is 157 Å². The largest absolute Gasteiger partial charge is 0.372 e. The molecule has 1 aliphatic heterocycles. The van der Waals surface area contributed by atoms with E-state index >= 15 is 0 Å². The van der Waals surface area contributed by atoms with Crippen LogP contribution in [-0.2, 0) is 9.59 Å². The number of benzene rings is 1. The molecular weight excluding hydrogens is 326 g/mol. The summed E-state index contributed by atoms with van der Waals surface area (Å²) in [6, 6.07) is 7.91. The predicted molar refractivity (Wildman–Crippen MR) is 107 cm³/mol. The Morgan fingerprint density at radius 1 is 1.12 bits per heavy atom. The van der Waals surface area contributed by atoms with E-state index in [1.165, 1.54) is 18.5 Å². The number of hydrogen-bond acceptors (Lipinski definition) is 3. The summed E-state index contributed by atoms with van der Waals surface area (Å²) in [5.41, 5.74) is 0.806. The lowest BCUT2D eigenvalue weighted by molar-refractivity contribution is -0.138. The van der Waals surface area contributed by atoms with Gasteiger partial charge in [-0.2, -0.15) is 0 Å². The van der Waals surface area contributed by atoms with Crippen molar-refractivity contribution >= 4 is 23.2 Å². The highest BCUT2D eigenvalue weighted by Crippen LogP contribution is 2.25. The molecule has 144 valence electrons. The molecule has 0 aliphatic carbocycles. The van der Waals surface area contributed by atoms with Gasteiger partial charge in [0.2, 0.25) is 11.8 Å². The van der Waals surface area contributed by atoms with Crippen LogP contribution in [0.15, 0.2) is 24.3 Å². The van der Waals surface area contributed by atoms with Crippen LogP contribution in [-0.4, -0.2) is 31.4 Å². The van der Waals surface area contributed by atoms with Gasteiger partial charge in [0, 0.05) is 31.0 Å². The number of rotatable bonds is 7. The Balaban J connectivity index is 1.92. The van der Waals surface area contributed by atoms with Gasteiger partial charge >= 0.3 is 0 Å². The first-order valence-corrected chi connectivity index (χ1v) is 9.79. The van der Waals surface area contributed by atoms with E-state index in [0.29, 0.717) is 6.54 Å². The smallest absolute Gasteiger partial charge is 0.239 e. The van der Waals surface area contributed by atoms with Crippen molar-refractivity contribution in [3.8, 4) is 0 Å². The molecule has 5 heteroatoms. The Kier molecular flexibility index (Phi) is 7.06. The molecule has 2 rings (SSSR count). The van der Waals surface area contributed by atoms with Crippen molar-refractivity contribution in [2.75, 3.05) is 29.9 Å². The highest BCUT2D eigenvalue weighted by atomic mass is 16.2. The van der Waals surface area contributed by atoms with Gasteiger partial charge < -0.3 is 15.5 Å². The fourth-order valence-electron chi connectivity index (χ4n) is 3.01. The fraction of sp³-hybridized carbons (Fsp3) is 0.619. The van der Waals surface area contributed by atoms with E-state index in [1.807, 2.05) is 24.3 Å². The zero-order valence-electron chi connectivity index (χ0n) is 16.6. The molecule has 5 nitrogen and oxygen atoms in total. The van der Waals surface area contributed by atoms with Crippen LogP contribution in [0.4, 0.5) is 11.4 Å². The number of unbranched alkanes of at least 4 members (excludes halogenated alkanes) is 1. The number of carbonyl (C=O) groups excluding carboxylic acids is 2. The van der Waals surface area contributed by atoms with Crippen molar-refractivity contribution in [1.82, 2.24) is 5.32 Å². The number of anilines is 2. The van der Waals surface area contributed by atoms with Crippen LogP contribution in [0, 0.1) is 11.3 Å². The van der Waals surface area contributed by atoms with Gasteiger partial charge in [-0.25, -0.2) is 0 Å². The van der Waals surface area contributed by atoms with Crippen LogP contribution in [0.2, 0.25) is 0 Å². The highest BCUT2D eigenvalue weighted by molar-refractivity contribution is 6.09. The van der Waals surface area contributed by atoms with Crippen molar-refractivity contribution in [2.45, 2.75) is 53.4 Å². The van der Waals surface area contributed by atoms with E-state index in [4.69, 9.17) is 0 Å². The lowest BCUT2D eigenvalue weighted by Crippen LogP contribution is -2.45. The third kappa shape index (κ3) is 5.23. The summed E-state index contributed by atoms with van der Waals surface area (Å²) in [6.45, 7) is 10.5. The van der Waals surface area contributed by atoms with Gasteiger partial charge in [0.15, 0.2) is 0 Å². The standard InChI is InChI=1S/C21H33N3O2/c1-5-6-13-22-19(25)21(3,4)20(26)23-17-7-9-18(10-8-17)24-14-11-16(2)12-15-24/h7-10,16H,5-6,11-15H2,1-4H3,(H,22,25)(H,23,26). The maximum atomic E-state index is 12.5. The molecule has 0 atom stereocenters. The van der Waals surface area contributed by atoms with Crippen molar-refractivity contribution in [1.29, 1.82) is 0 Å². The molecule has 0 unspecified atom stereocenters. The molecule has 1 heterocycles. The SMILES string of the molecule is CCCCNC(=O)C(C)(C)C(=O)Nc1ccc(N2CCC(C)CC2)cc1. The monoisotopic (exact) mass is 359 g/mol. The third-order valence-corrected chi connectivity index (χ3v) is 5.23. The molecule has 1 aromatic rings. The van der Waals surface area contributed by atoms with E-state index < -0.39 is 5.41 Å². The average Bonchev–Trinajstić information content (AvgIpc) is 2.63. The number of hydrogen-bond donors (Lipinski definition) is 2. The Hall–Kier alpha value is -2.04. The lowest BCUT2D eigenvalue weighted by Gasteiger charge is -2.32. The molecule has 2 N–H and O–H groups in total. The van der Waals surface area contributed by atoms with Crippen LogP contribution in [0.1, 0.15) is 53.4 Å². The zero-order chi connectivity index (χ0) is 19.2. The molecule has 0 bridgehead atoms. The molecule has 26 heavy (non-hydrogen) atoms. The molecule has 0 spiro atoms. The Bertz CT molecular complexity index is 602. The fourth-order valence-corrected chi connectivity index (χ4v) is 3.01. The number of nitrogens with zero attached hydrogens (tertiary/aromatic N) is 1. The second kappa shape index (κ2) is 9.06. The van der Waals surface area contributed by atoms with E-state index in [2.05, 4.69) is 29.4 Å². The van der Waals surface area contributed by atoms with Gasteiger partial charge in [-0.3, -0.25) is 9.59 Å². The molecule has 0 saturated carbocycles.